The molecule has 1 fully saturated rings. The van der Waals surface area contributed by atoms with Crippen molar-refractivity contribution in [3.63, 3.8) is 0 Å². The number of hydrogen-bond donors (Lipinski definition) is 2. The minimum Gasteiger partial charge on any atom is -0.399 e. The Labute approximate surface area is 119 Å². The number of nitrogens with two attached hydrogens (primary N) is 1. The molecule has 0 aliphatic heterocycles. The molecule has 0 bridgehead atoms. The summed E-state index contributed by atoms with van der Waals surface area (Å²) in [6.07, 6.45) is 2.94. The van der Waals surface area contributed by atoms with Crippen molar-refractivity contribution in [1.29, 1.82) is 0 Å². The van der Waals surface area contributed by atoms with Crippen LogP contribution in [0.4, 0.5) is 5.69 Å². The summed E-state index contributed by atoms with van der Waals surface area (Å²) in [4.78, 5) is 0.285. The molecule has 0 unspecified atom stereocenters. The summed E-state index contributed by atoms with van der Waals surface area (Å²) in [7, 11) is -3.41. The minimum absolute atomic E-state index is 0.0617. The molecule has 1 aromatic carbocycles. The second-order valence-corrected chi connectivity index (χ2v) is 8.07. The van der Waals surface area contributed by atoms with Crippen molar-refractivity contribution in [2.24, 2.45) is 0 Å². The first-order valence-corrected chi connectivity index (χ1v) is 9.04. The Balaban J connectivity index is 2.00. The van der Waals surface area contributed by atoms with Crippen LogP contribution in [0.25, 0.3) is 0 Å². The molecule has 19 heavy (non-hydrogen) atoms. The van der Waals surface area contributed by atoms with Crippen LogP contribution in [0.2, 0.25) is 0 Å². The quantitative estimate of drug-likeness (QED) is 0.818. The van der Waals surface area contributed by atoms with Gasteiger partial charge >= 0.3 is 0 Å². The predicted molar refractivity (Wildman–Crippen MR) is 80.7 cm³/mol. The van der Waals surface area contributed by atoms with E-state index in [-0.39, 0.29) is 10.9 Å². The van der Waals surface area contributed by atoms with Crippen molar-refractivity contribution >= 4 is 27.5 Å². The Hall–Kier alpha value is -0.720. The Kier molecular flexibility index (Phi) is 4.76. The van der Waals surface area contributed by atoms with Crippen LogP contribution in [-0.4, -0.2) is 25.5 Å². The average Bonchev–Trinajstić information content (AvgIpc) is 2.77. The maximum Gasteiger partial charge on any atom is 0.240 e. The van der Waals surface area contributed by atoms with Gasteiger partial charge in [0.25, 0.3) is 0 Å². The van der Waals surface area contributed by atoms with Crippen molar-refractivity contribution in [2.75, 3.05) is 11.5 Å². The molecule has 2 rings (SSSR count). The summed E-state index contributed by atoms with van der Waals surface area (Å²) >= 11 is 1.92. The van der Waals surface area contributed by atoms with E-state index in [2.05, 4.69) is 11.6 Å². The standard InChI is InChI=1S/C13H20N2O2S2/c1-2-18-12-6-5-11(9-12)15-19(16,17)13-7-3-10(14)4-8-13/h3-4,7-8,11-12,15H,2,5-6,9,14H2,1H3/t11-,12-/m0/s1. The third kappa shape index (κ3) is 3.87. The van der Waals surface area contributed by atoms with E-state index >= 15 is 0 Å². The molecule has 0 radical (unpaired) electrons. The lowest BCUT2D eigenvalue weighted by atomic mass is 10.3. The molecule has 1 aliphatic rings. The number of hydrogen-bond acceptors (Lipinski definition) is 4. The molecule has 106 valence electrons. The van der Waals surface area contributed by atoms with Crippen molar-refractivity contribution in [2.45, 2.75) is 42.4 Å². The first kappa shape index (κ1) is 14.7. The predicted octanol–water partition coefficient (Wildman–Crippen LogP) is 2.22. The van der Waals surface area contributed by atoms with Crippen molar-refractivity contribution < 1.29 is 8.42 Å². The van der Waals surface area contributed by atoms with E-state index in [4.69, 9.17) is 5.73 Å². The molecule has 1 saturated carbocycles. The van der Waals surface area contributed by atoms with Crippen LogP contribution >= 0.6 is 11.8 Å². The lowest BCUT2D eigenvalue weighted by Gasteiger charge is -2.13. The van der Waals surface area contributed by atoms with Gasteiger partial charge in [0.2, 0.25) is 10.0 Å². The van der Waals surface area contributed by atoms with Gasteiger partial charge < -0.3 is 5.73 Å². The molecular weight excluding hydrogens is 280 g/mol. The van der Waals surface area contributed by atoms with Gasteiger partial charge in [0.05, 0.1) is 4.90 Å². The lowest BCUT2D eigenvalue weighted by molar-refractivity contribution is 0.552. The third-order valence-electron chi connectivity index (χ3n) is 3.30. The second-order valence-electron chi connectivity index (χ2n) is 4.78. The van der Waals surface area contributed by atoms with Gasteiger partial charge in [0, 0.05) is 17.0 Å². The molecule has 0 heterocycles. The van der Waals surface area contributed by atoms with E-state index in [0.717, 1.165) is 25.0 Å². The topological polar surface area (TPSA) is 72.2 Å². The first-order valence-electron chi connectivity index (χ1n) is 6.50. The Morgan fingerprint density at radius 1 is 1.32 bits per heavy atom. The molecule has 1 aliphatic carbocycles. The summed E-state index contributed by atoms with van der Waals surface area (Å²) in [5.74, 6) is 1.09. The van der Waals surface area contributed by atoms with Crippen LogP contribution in [0.15, 0.2) is 29.2 Å². The van der Waals surface area contributed by atoms with Gasteiger partial charge in [0.15, 0.2) is 0 Å². The Bertz CT molecular complexity index is 514. The van der Waals surface area contributed by atoms with Gasteiger partial charge in [-0.2, -0.15) is 11.8 Å². The number of anilines is 1. The number of benzene rings is 1. The monoisotopic (exact) mass is 300 g/mol. The van der Waals surface area contributed by atoms with Crippen LogP contribution in [0.5, 0.6) is 0 Å². The largest absolute Gasteiger partial charge is 0.399 e. The minimum atomic E-state index is -3.41. The molecule has 0 aromatic heterocycles. The van der Waals surface area contributed by atoms with Gasteiger partial charge in [-0.1, -0.05) is 6.92 Å². The molecule has 4 nitrogen and oxygen atoms in total. The molecule has 0 amide bonds. The van der Waals surface area contributed by atoms with E-state index in [1.165, 1.54) is 0 Å². The van der Waals surface area contributed by atoms with Crippen LogP contribution in [0.1, 0.15) is 26.2 Å². The summed E-state index contributed by atoms with van der Waals surface area (Å²) in [5, 5.41) is 0.587. The molecular formula is C13H20N2O2S2. The fraction of sp³-hybridized carbons (Fsp3) is 0.538. The maximum atomic E-state index is 12.2. The molecule has 3 N–H and O–H groups in total. The first-order chi connectivity index (χ1) is 9.01. The highest BCUT2D eigenvalue weighted by Crippen LogP contribution is 2.30. The van der Waals surface area contributed by atoms with E-state index in [1.807, 2.05) is 11.8 Å². The fourth-order valence-electron chi connectivity index (χ4n) is 2.37. The third-order valence-corrected chi connectivity index (χ3v) is 6.07. The van der Waals surface area contributed by atoms with Crippen molar-refractivity contribution in [1.82, 2.24) is 4.72 Å². The summed E-state index contributed by atoms with van der Waals surface area (Å²) in [5.41, 5.74) is 6.14. The van der Waals surface area contributed by atoms with Gasteiger partial charge in [-0.15, -0.1) is 0 Å². The molecule has 6 heteroatoms. The highest BCUT2D eigenvalue weighted by molar-refractivity contribution is 7.99. The van der Waals surface area contributed by atoms with E-state index < -0.39 is 10.0 Å². The van der Waals surface area contributed by atoms with Crippen molar-refractivity contribution in [3.05, 3.63) is 24.3 Å². The average molecular weight is 300 g/mol. The van der Waals surface area contributed by atoms with Crippen LogP contribution in [0, 0.1) is 0 Å². The van der Waals surface area contributed by atoms with Gasteiger partial charge in [-0.05, 0) is 49.3 Å². The summed E-state index contributed by atoms with van der Waals surface area (Å²) < 4.78 is 27.2. The van der Waals surface area contributed by atoms with E-state index in [9.17, 15) is 8.42 Å². The zero-order chi connectivity index (χ0) is 13.9. The lowest BCUT2D eigenvalue weighted by Crippen LogP contribution is -2.33. The summed E-state index contributed by atoms with van der Waals surface area (Å²) in [6, 6.07) is 6.37. The molecule has 0 saturated heterocycles. The second kappa shape index (κ2) is 6.15. The van der Waals surface area contributed by atoms with E-state index in [1.54, 1.807) is 24.3 Å². The van der Waals surface area contributed by atoms with E-state index in [0.29, 0.717) is 10.9 Å². The zero-order valence-corrected chi connectivity index (χ0v) is 12.6. The Morgan fingerprint density at radius 2 is 2.00 bits per heavy atom. The van der Waals surface area contributed by atoms with Crippen LogP contribution in [0.3, 0.4) is 0 Å². The van der Waals surface area contributed by atoms with Gasteiger partial charge in [-0.25, -0.2) is 13.1 Å². The van der Waals surface area contributed by atoms with Crippen LogP contribution < -0.4 is 10.5 Å². The molecule has 1 aromatic rings. The SMILES string of the molecule is CCS[C@H]1CC[C@H](NS(=O)(=O)c2ccc(N)cc2)C1. The summed E-state index contributed by atoms with van der Waals surface area (Å²) in [6.45, 7) is 2.14. The number of thioether (sulfide) groups is 1. The molecule has 0 spiro atoms. The maximum absolute atomic E-state index is 12.2. The Morgan fingerprint density at radius 3 is 2.63 bits per heavy atom. The zero-order valence-electron chi connectivity index (χ0n) is 11.0. The number of sulfonamides is 1. The number of nitrogens with one attached hydrogen (secondary N) is 1. The van der Waals surface area contributed by atoms with Gasteiger partial charge in [-0.3, -0.25) is 0 Å². The number of rotatable bonds is 5. The smallest absolute Gasteiger partial charge is 0.240 e. The highest BCUT2D eigenvalue weighted by Gasteiger charge is 2.28. The highest BCUT2D eigenvalue weighted by atomic mass is 32.2. The fourth-order valence-corrected chi connectivity index (χ4v) is 4.79. The normalized spacial score (nSPS) is 23.6. The van der Waals surface area contributed by atoms with Gasteiger partial charge in [0.1, 0.15) is 0 Å². The molecule has 2 atom stereocenters. The number of nitrogen functional groups attached to an aromatic ring is 1. The van der Waals surface area contributed by atoms with Crippen LogP contribution in [-0.2, 0) is 10.0 Å². The van der Waals surface area contributed by atoms with Crippen molar-refractivity contribution in [3.8, 4) is 0 Å².